The van der Waals surface area contributed by atoms with E-state index in [4.69, 9.17) is 27.9 Å². The third-order valence-corrected chi connectivity index (χ3v) is 8.53. The standard InChI is InChI=1S/C32H39Cl2N3O5S/c1-32(2,3)35-31(39)29(20-23-11-7-6-8-12-23)36(22-24-16-17-27(33)28(34)19-24)30(38)15-10-18-37(43(5,40)41)25-13-9-14-26(21-25)42-4/h6-9,11-14,16-17,19,21,29H,10,15,18,20,22H2,1-5H3,(H,35,39). The predicted molar refractivity (Wildman–Crippen MR) is 173 cm³/mol. The van der Waals surface area contributed by atoms with Crippen molar-refractivity contribution in [3.8, 4) is 5.75 Å². The largest absolute Gasteiger partial charge is 0.497 e. The number of nitrogens with one attached hydrogen (secondary N) is 1. The van der Waals surface area contributed by atoms with Crippen LogP contribution in [0.25, 0.3) is 0 Å². The van der Waals surface area contributed by atoms with Gasteiger partial charge in [-0.15, -0.1) is 0 Å². The molecule has 1 atom stereocenters. The van der Waals surface area contributed by atoms with E-state index in [2.05, 4.69) is 5.32 Å². The van der Waals surface area contributed by atoms with Gasteiger partial charge in [-0.2, -0.15) is 0 Å². The molecule has 1 unspecified atom stereocenters. The highest BCUT2D eigenvalue weighted by Crippen LogP contribution is 2.26. The Morgan fingerprint density at radius 1 is 0.930 bits per heavy atom. The monoisotopic (exact) mass is 647 g/mol. The molecule has 0 radical (unpaired) electrons. The lowest BCUT2D eigenvalue weighted by Crippen LogP contribution is -2.54. The molecule has 3 aromatic carbocycles. The zero-order valence-corrected chi connectivity index (χ0v) is 27.5. The number of ether oxygens (including phenoxy) is 1. The minimum absolute atomic E-state index is 0.00536. The van der Waals surface area contributed by atoms with Crippen LogP contribution >= 0.6 is 23.2 Å². The summed E-state index contributed by atoms with van der Waals surface area (Å²) in [6.45, 7) is 5.82. The van der Waals surface area contributed by atoms with Crippen LogP contribution in [0.4, 0.5) is 5.69 Å². The number of hydrogen-bond acceptors (Lipinski definition) is 5. The lowest BCUT2D eigenvalue weighted by Gasteiger charge is -2.34. The van der Waals surface area contributed by atoms with Gasteiger partial charge in [-0.25, -0.2) is 8.42 Å². The molecule has 3 aromatic rings. The second-order valence-corrected chi connectivity index (χ2v) is 14.1. The summed E-state index contributed by atoms with van der Waals surface area (Å²) in [7, 11) is -2.14. The minimum atomic E-state index is -3.65. The van der Waals surface area contributed by atoms with Crippen LogP contribution in [0.3, 0.4) is 0 Å². The lowest BCUT2D eigenvalue weighted by molar-refractivity contribution is -0.142. The molecule has 0 saturated carbocycles. The topological polar surface area (TPSA) is 96.0 Å². The van der Waals surface area contributed by atoms with E-state index in [0.29, 0.717) is 27.0 Å². The Bertz CT molecular complexity index is 1510. The highest BCUT2D eigenvalue weighted by Gasteiger charge is 2.32. The third-order valence-electron chi connectivity index (χ3n) is 6.60. The summed E-state index contributed by atoms with van der Waals surface area (Å²) >= 11 is 12.4. The van der Waals surface area contributed by atoms with E-state index in [1.807, 2.05) is 51.1 Å². The normalized spacial score (nSPS) is 12.3. The third kappa shape index (κ3) is 10.4. The SMILES string of the molecule is COc1cccc(N(CCCC(=O)N(Cc2ccc(Cl)c(Cl)c2)C(Cc2ccccc2)C(=O)NC(C)(C)C)S(C)(=O)=O)c1. The number of carbonyl (C=O) groups excluding carboxylic acids is 2. The fourth-order valence-corrected chi connectivity index (χ4v) is 5.89. The molecule has 3 rings (SSSR count). The van der Waals surface area contributed by atoms with Crippen molar-refractivity contribution in [2.24, 2.45) is 0 Å². The molecule has 11 heteroatoms. The molecule has 0 aliphatic rings. The maximum atomic E-state index is 14.0. The molecule has 2 amide bonds. The average Bonchev–Trinajstić information content (AvgIpc) is 2.93. The van der Waals surface area contributed by atoms with Gasteiger partial charge < -0.3 is 15.0 Å². The number of carbonyl (C=O) groups is 2. The van der Waals surface area contributed by atoms with Crippen molar-refractivity contribution in [3.63, 3.8) is 0 Å². The minimum Gasteiger partial charge on any atom is -0.497 e. The van der Waals surface area contributed by atoms with E-state index in [-0.39, 0.29) is 44.2 Å². The number of rotatable bonds is 13. The van der Waals surface area contributed by atoms with Crippen LogP contribution in [-0.4, -0.2) is 56.6 Å². The molecule has 1 N–H and O–H groups in total. The van der Waals surface area contributed by atoms with Gasteiger partial charge in [0.25, 0.3) is 0 Å². The van der Waals surface area contributed by atoms with Crippen LogP contribution in [-0.2, 0) is 32.6 Å². The summed E-state index contributed by atoms with van der Waals surface area (Å²) in [6, 6.07) is 20.5. The highest BCUT2D eigenvalue weighted by molar-refractivity contribution is 7.92. The number of sulfonamides is 1. The van der Waals surface area contributed by atoms with Crippen LogP contribution in [0, 0.1) is 0 Å². The van der Waals surface area contributed by atoms with Gasteiger partial charge in [0.15, 0.2) is 0 Å². The Labute approximate surface area is 265 Å². The zero-order chi connectivity index (χ0) is 31.8. The Morgan fingerprint density at radius 2 is 1.63 bits per heavy atom. The molecule has 0 aliphatic heterocycles. The van der Waals surface area contributed by atoms with E-state index in [0.717, 1.165) is 11.8 Å². The second-order valence-electron chi connectivity index (χ2n) is 11.4. The molecule has 0 saturated heterocycles. The zero-order valence-electron chi connectivity index (χ0n) is 25.1. The van der Waals surface area contributed by atoms with Crippen LogP contribution < -0.4 is 14.4 Å². The number of nitrogens with zero attached hydrogens (tertiary/aromatic N) is 2. The molecule has 0 spiro atoms. The fraction of sp³-hybridized carbons (Fsp3) is 0.375. The lowest BCUT2D eigenvalue weighted by atomic mass is 10.00. The number of hydrogen-bond donors (Lipinski definition) is 1. The van der Waals surface area contributed by atoms with Crippen LogP contribution in [0.2, 0.25) is 10.0 Å². The Kier molecular flexibility index (Phi) is 11.9. The van der Waals surface area contributed by atoms with Gasteiger partial charge in [-0.05, 0) is 62.6 Å². The molecule has 0 fully saturated rings. The van der Waals surface area contributed by atoms with Crippen molar-refractivity contribution in [3.05, 3.63) is 94.0 Å². The predicted octanol–water partition coefficient (Wildman–Crippen LogP) is 6.10. The van der Waals surface area contributed by atoms with Gasteiger partial charge in [0, 0.05) is 37.5 Å². The van der Waals surface area contributed by atoms with E-state index < -0.39 is 21.6 Å². The first-order valence-corrected chi connectivity index (χ1v) is 16.5. The summed E-state index contributed by atoms with van der Waals surface area (Å²) in [5, 5.41) is 3.75. The van der Waals surface area contributed by atoms with Gasteiger partial charge >= 0.3 is 0 Å². The maximum Gasteiger partial charge on any atom is 0.243 e. The molecule has 43 heavy (non-hydrogen) atoms. The van der Waals surface area contributed by atoms with Crippen LogP contribution in [0.5, 0.6) is 5.75 Å². The van der Waals surface area contributed by atoms with Crippen molar-refractivity contribution in [2.75, 3.05) is 24.2 Å². The molecule has 0 aromatic heterocycles. The van der Waals surface area contributed by atoms with Crippen molar-refractivity contribution >= 4 is 50.7 Å². The summed E-state index contributed by atoms with van der Waals surface area (Å²) in [5.74, 6) is -0.0716. The fourth-order valence-electron chi connectivity index (χ4n) is 4.61. The maximum absolute atomic E-state index is 14.0. The first-order valence-electron chi connectivity index (χ1n) is 13.9. The van der Waals surface area contributed by atoms with E-state index >= 15 is 0 Å². The molecule has 8 nitrogen and oxygen atoms in total. The second kappa shape index (κ2) is 14.9. The molecule has 232 valence electrons. The van der Waals surface area contributed by atoms with Crippen LogP contribution in [0.1, 0.15) is 44.7 Å². The van der Waals surface area contributed by atoms with Gasteiger partial charge in [-0.1, -0.05) is 65.7 Å². The van der Waals surface area contributed by atoms with Crippen molar-refractivity contribution in [1.82, 2.24) is 10.2 Å². The van der Waals surface area contributed by atoms with Crippen molar-refractivity contribution in [1.29, 1.82) is 0 Å². The smallest absolute Gasteiger partial charge is 0.243 e. The molecule has 0 heterocycles. The molecule has 0 bridgehead atoms. The van der Waals surface area contributed by atoms with E-state index in [1.54, 1.807) is 47.4 Å². The molecular weight excluding hydrogens is 609 g/mol. The van der Waals surface area contributed by atoms with Gasteiger partial charge in [0.1, 0.15) is 11.8 Å². The van der Waals surface area contributed by atoms with Gasteiger partial charge in [0.05, 0.1) is 29.1 Å². The van der Waals surface area contributed by atoms with Crippen molar-refractivity contribution in [2.45, 2.75) is 58.2 Å². The average molecular weight is 649 g/mol. The van der Waals surface area contributed by atoms with E-state index in [9.17, 15) is 18.0 Å². The van der Waals surface area contributed by atoms with Gasteiger partial charge in [0.2, 0.25) is 21.8 Å². The Balaban J connectivity index is 1.93. The summed E-state index contributed by atoms with van der Waals surface area (Å²) < 4.78 is 31.9. The number of methoxy groups -OCH3 is 1. The summed E-state index contributed by atoms with van der Waals surface area (Å²) in [5.41, 5.74) is 1.51. The number of benzene rings is 3. The summed E-state index contributed by atoms with van der Waals surface area (Å²) in [6.07, 6.45) is 1.64. The first-order chi connectivity index (χ1) is 20.2. The quantitative estimate of drug-likeness (QED) is 0.242. The molecule has 0 aliphatic carbocycles. The summed E-state index contributed by atoms with van der Waals surface area (Å²) in [4.78, 5) is 29.2. The number of anilines is 1. The molecular formula is C32H39Cl2N3O5S. The number of halogens is 2. The Hall–Kier alpha value is -3.27. The van der Waals surface area contributed by atoms with E-state index in [1.165, 1.54) is 11.4 Å². The number of amides is 2. The van der Waals surface area contributed by atoms with Crippen LogP contribution in [0.15, 0.2) is 72.8 Å². The Morgan fingerprint density at radius 3 is 2.23 bits per heavy atom. The van der Waals surface area contributed by atoms with Crippen molar-refractivity contribution < 1.29 is 22.7 Å². The highest BCUT2D eigenvalue weighted by atomic mass is 35.5. The first kappa shape index (κ1) is 34.2. The van der Waals surface area contributed by atoms with Gasteiger partial charge in [-0.3, -0.25) is 13.9 Å².